The lowest BCUT2D eigenvalue weighted by molar-refractivity contribution is 0.611. The van der Waals surface area contributed by atoms with Gasteiger partial charge < -0.3 is 5.73 Å². The predicted octanol–water partition coefficient (Wildman–Crippen LogP) is 3.64. The van der Waals surface area contributed by atoms with Gasteiger partial charge in [0, 0.05) is 0 Å². The van der Waals surface area contributed by atoms with E-state index in [2.05, 4.69) is 19.1 Å². The molecule has 0 aliphatic heterocycles. The van der Waals surface area contributed by atoms with Gasteiger partial charge >= 0.3 is 0 Å². The summed E-state index contributed by atoms with van der Waals surface area (Å²) >= 11 is 0. The van der Waals surface area contributed by atoms with Crippen molar-refractivity contribution in [2.75, 3.05) is 6.54 Å². The Labute approximate surface area is 83.4 Å². The molecule has 0 saturated heterocycles. The normalized spacial score (nSPS) is 11.2. The molecular weight excluding hydrogens is 158 g/mol. The summed E-state index contributed by atoms with van der Waals surface area (Å²) in [6.45, 7) is 3.04. The number of allylic oxidation sites excluding steroid dienone is 1. The van der Waals surface area contributed by atoms with E-state index in [1.54, 1.807) is 0 Å². The summed E-state index contributed by atoms with van der Waals surface area (Å²) in [5.74, 6) is 0. The van der Waals surface area contributed by atoms with Crippen LogP contribution in [0.2, 0.25) is 0 Å². The maximum atomic E-state index is 5.37. The maximum Gasteiger partial charge on any atom is -0.00426 e. The molecule has 78 valence electrons. The third-order valence-electron chi connectivity index (χ3n) is 2.22. The number of rotatable bonds is 9. The lowest BCUT2D eigenvalue weighted by Crippen LogP contribution is -1.94. The molecule has 0 aliphatic rings. The molecule has 0 aromatic rings. The van der Waals surface area contributed by atoms with Crippen molar-refractivity contribution in [3.05, 3.63) is 12.2 Å². The Morgan fingerprint density at radius 3 is 2.15 bits per heavy atom. The molecule has 1 nitrogen and oxygen atoms in total. The lowest BCUT2D eigenvalue weighted by Gasteiger charge is -1.97. The SMILES string of the molecule is CCCCCCCC/C=C\CCN. The van der Waals surface area contributed by atoms with Gasteiger partial charge in [-0.05, 0) is 25.8 Å². The second-order valence-corrected chi connectivity index (χ2v) is 3.61. The molecule has 0 fully saturated rings. The van der Waals surface area contributed by atoms with Gasteiger partial charge in [-0.2, -0.15) is 0 Å². The zero-order chi connectivity index (χ0) is 9.78. The molecule has 0 aliphatic carbocycles. The van der Waals surface area contributed by atoms with Crippen molar-refractivity contribution in [2.45, 2.75) is 58.3 Å². The van der Waals surface area contributed by atoms with E-state index in [-0.39, 0.29) is 0 Å². The average Bonchev–Trinajstić information content (AvgIpc) is 2.16. The second kappa shape index (κ2) is 11.7. The van der Waals surface area contributed by atoms with Crippen LogP contribution in [0.25, 0.3) is 0 Å². The quantitative estimate of drug-likeness (QED) is 0.428. The van der Waals surface area contributed by atoms with Crippen molar-refractivity contribution in [3.63, 3.8) is 0 Å². The number of nitrogens with two attached hydrogens (primary N) is 1. The smallest absolute Gasteiger partial charge is 0.00426 e. The van der Waals surface area contributed by atoms with Crippen molar-refractivity contribution in [1.29, 1.82) is 0 Å². The molecule has 2 N–H and O–H groups in total. The highest BCUT2D eigenvalue weighted by atomic mass is 14.5. The van der Waals surface area contributed by atoms with Gasteiger partial charge in [-0.1, -0.05) is 51.2 Å². The van der Waals surface area contributed by atoms with E-state index in [1.165, 1.54) is 44.9 Å². The molecule has 0 aromatic heterocycles. The van der Waals surface area contributed by atoms with E-state index in [1.807, 2.05) is 0 Å². The fourth-order valence-electron chi connectivity index (χ4n) is 1.37. The van der Waals surface area contributed by atoms with Crippen LogP contribution in [0.5, 0.6) is 0 Å². The Kier molecular flexibility index (Phi) is 11.4. The van der Waals surface area contributed by atoms with Gasteiger partial charge in [0.2, 0.25) is 0 Å². The summed E-state index contributed by atoms with van der Waals surface area (Å²) in [6, 6.07) is 0. The molecule has 1 heteroatoms. The monoisotopic (exact) mass is 183 g/mol. The van der Waals surface area contributed by atoms with Crippen LogP contribution in [-0.4, -0.2) is 6.54 Å². The standard InChI is InChI=1S/C12H25N/c1-2-3-4-5-6-7-8-9-10-11-12-13/h9-10H,2-8,11-13H2,1H3/b10-9-. The van der Waals surface area contributed by atoms with Crippen LogP contribution in [0, 0.1) is 0 Å². The molecular formula is C12H25N. The summed E-state index contributed by atoms with van der Waals surface area (Å²) in [5.41, 5.74) is 5.37. The molecule has 0 heterocycles. The van der Waals surface area contributed by atoms with Crippen molar-refractivity contribution in [3.8, 4) is 0 Å². The minimum atomic E-state index is 0.785. The van der Waals surface area contributed by atoms with Crippen molar-refractivity contribution >= 4 is 0 Å². The molecule has 0 spiro atoms. The molecule has 0 rings (SSSR count). The third-order valence-corrected chi connectivity index (χ3v) is 2.22. The maximum absolute atomic E-state index is 5.37. The summed E-state index contributed by atoms with van der Waals surface area (Å²) in [7, 11) is 0. The zero-order valence-corrected chi connectivity index (χ0v) is 9.10. The summed E-state index contributed by atoms with van der Waals surface area (Å²) < 4.78 is 0. The third kappa shape index (κ3) is 11.7. The second-order valence-electron chi connectivity index (χ2n) is 3.61. The largest absolute Gasteiger partial charge is 0.330 e. The zero-order valence-electron chi connectivity index (χ0n) is 9.10. The van der Waals surface area contributed by atoms with Crippen LogP contribution < -0.4 is 5.73 Å². The van der Waals surface area contributed by atoms with Crippen molar-refractivity contribution in [1.82, 2.24) is 0 Å². The first kappa shape index (κ1) is 12.7. The number of hydrogen-bond donors (Lipinski definition) is 1. The topological polar surface area (TPSA) is 26.0 Å². The first-order chi connectivity index (χ1) is 6.41. The Bertz CT molecular complexity index is 108. The molecule has 13 heavy (non-hydrogen) atoms. The van der Waals surface area contributed by atoms with E-state index in [0.717, 1.165) is 13.0 Å². The highest BCUT2D eigenvalue weighted by molar-refractivity contribution is 4.81. The van der Waals surface area contributed by atoms with E-state index in [4.69, 9.17) is 5.73 Å². The van der Waals surface area contributed by atoms with E-state index < -0.39 is 0 Å². The van der Waals surface area contributed by atoms with Gasteiger partial charge in [-0.25, -0.2) is 0 Å². The van der Waals surface area contributed by atoms with Gasteiger partial charge in [-0.3, -0.25) is 0 Å². The van der Waals surface area contributed by atoms with Gasteiger partial charge in [0.1, 0.15) is 0 Å². The first-order valence-corrected chi connectivity index (χ1v) is 5.77. The van der Waals surface area contributed by atoms with E-state index in [9.17, 15) is 0 Å². The highest BCUT2D eigenvalue weighted by Gasteiger charge is 1.87. The molecule has 0 unspecified atom stereocenters. The van der Waals surface area contributed by atoms with Crippen molar-refractivity contribution in [2.24, 2.45) is 5.73 Å². The van der Waals surface area contributed by atoms with Crippen LogP contribution in [0.15, 0.2) is 12.2 Å². The molecule has 0 aromatic carbocycles. The Morgan fingerprint density at radius 2 is 1.46 bits per heavy atom. The van der Waals surface area contributed by atoms with Gasteiger partial charge in [0.05, 0.1) is 0 Å². The summed E-state index contributed by atoms with van der Waals surface area (Å²) in [6.07, 6.45) is 15.1. The molecule has 0 amide bonds. The van der Waals surface area contributed by atoms with E-state index >= 15 is 0 Å². The van der Waals surface area contributed by atoms with Crippen LogP contribution in [0.1, 0.15) is 58.3 Å². The van der Waals surface area contributed by atoms with Crippen LogP contribution >= 0.6 is 0 Å². The molecule has 0 radical (unpaired) electrons. The number of hydrogen-bond acceptors (Lipinski definition) is 1. The van der Waals surface area contributed by atoms with Crippen LogP contribution in [0.4, 0.5) is 0 Å². The predicted molar refractivity (Wildman–Crippen MR) is 60.8 cm³/mol. The molecule has 0 atom stereocenters. The van der Waals surface area contributed by atoms with Gasteiger partial charge in [0.25, 0.3) is 0 Å². The Morgan fingerprint density at radius 1 is 0.846 bits per heavy atom. The minimum absolute atomic E-state index is 0.785. The average molecular weight is 183 g/mol. The number of unbranched alkanes of at least 4 members (excludes halogenated alkanes) is 6. The van der Waals surface area contributed by atoms with E-state index in [0.29, 0.717) is 0 Å². The Balaban J connectivity index is 2.91. The van der Waals surface area contributed by atoms with Gasteiger partial charge in [0.15, 0.2) is 0 Å². The minimum Gasteiger partial charge on any atom is -0.330 e. The fraction of sp³-hybridized carbons (Fsp3) is 0.833. The van der Waals surface area contributed by atoms with Crippen molar-refractivity contribution < 1.29 is 0 Å². The van der Waals surface area contributed by atoms with Crippen LogP contribution in [0.3, 0.4) is 0 Å². The molecule has 0 saturated carbocycles. The lowest BCUT2D eigenvalue weighted by atomic mass is 10.1. The summed E-state index contributed by atoms with van der Waals surface area (Å²) in [5, 5.41) is 0. The van der Waals surface area contributed by atoms with Gasteiger partial charge in [-0.15, -0.1) is 0 Å². The fourth-order valence-corrected chi connectivity index (χ4v) is 1.37. The first-order valence-electron chi connectivity index (χ1n) is 5.77. The molecule has 0 bridgehead atoms. The highest BCUT2D eigenvalue weighted by Crippen LogP contribution is 2.07. The summed E-state index contributed by atoms with van der Waals surface area (Å²) in [4.78, 5) is 0. The Hall–Kier alpha value is -0.300. The van der Waals surface area contributed by atoms with Crippen LogP contribution in [-0.2, 0) is 0 Å².